The first-order valence-electron chi connectivity index (χ1n) is 7.44. The Bertz CT molecular complexity index is 497. The topological polar surface area (TPSA) is 49.4 Å². The van der Waals surface area contributed by atoms with Crippen LogP contribution in [0.2, 0.25) is 0 Å². The molecule has 0 radical (unpaired) electrons. The van der Waals surface area contributed by atoms with E-state index in [0.29, 0.717) is 0 Å². The summed E-state index contributed by atoms with van der Waals surface area (Å²) in [6.45, 7) is 1.74. The molecule has 1 N–H and O–H groups in total. The summed E-state index contributed by atoms with van der Waals surface area (Å²) in [4.78, 5) is 25.9. The monoisotopic (exact) mass is 352 g/mol. The number of hydrogen-bond donors (Lipinski definition) is 1. The summed E-state index contributed by atoms with van der Waals surface area (Å²) >= 11 is 3.42. The Labute approximate surface area is 134 Å². The van der Waals surface area contributed by atoms with E-state index in [1.165, 1.54) is 12.8 Å². The lowest BCUT2D eigenvalue weighted by molar-refractivity contribution is -0.132. The van der Waals surface area contributed by atoms with Crippen LogP contribution >= 0.6 is 15.9 Å². The van der Waals surface area contributed by atoms with Crippen LogP contribution in [0.25, 0.3) is 0 Å². The van der Waals surface area contributed by atoms with Crippen molar-refractivity contribution >= 4 is 27.7 Å². The van der Waals surface area contributed by atoms with Gasteiger partial charge in [-0.15, -0.1) is 0 Å². The Morgan fingerprint density at radius 3 is 2.43 bits per heavy atom. The number of carbonyl (C=O) groups is 2. The van der Waals surface area contributed by atoms with E-state index < -0.39 is 0 Å². The Morgan fingerprint density at radius 1 is 1.10 bits per heavy atom. The number of hydrogen-bond acceptors (Lipinski definition) is 2. The lowest BCUT2D eigenvalue weighted by atomic mass is 10.1. The van der Waals surface area contributed by atoms with Gasteiger partial charge in [-0.1, -0.05) is 47.0 Å². The predicted molar refractivity (Wildman–Crippen MR) is 85.9 cm³/mol. The molecule has 1 aromatic carbocycles. The second kappa shape index (κ2) is 8.17. The number of likely N-dealkylation sites (tertiary alicyclic amines) is 1. The molecule has 0 atom stereocenters. The highest BCUT2D eigenvalue weighted by molar-refractivity contribution is 9.10. The SMILES string of the molecule is O=C(Cc1ccccc1Br)NCC(=O)N1CCCCCC1. The lowest BCUT2D eigenvalue weighted by Crippen LogP contribution is -2.41. The minimum Gasteiger partial charge on any atom is -0.347 e. The van der Waals surface area contributed by atoms with E-state index in [-0.39, 0.29) is 24.8 Å². The second-order valence-corrected chi connectivity index (χ2v) is 6.19. The van der Waals surface area contributed by atoms with E-state index in [0.717, 1.165) is 36.0 Å². The summed E-state index contributed by atoms with van der Waals surface area (Å²) in [5, 5.41) is 2.72. The number of carbonyl (C=O) groups excluding carboxylic acids is 2. The van der Waals surface area contributed by atoms with Crippen molar-refractivity contribution in [1.82, 2.24) is 10.2 Å². The molecule has 0 aliphatic carbocycles. The highest BCUT2D eigenvalue weighted by Gasteiger charge is 2.16. The molecular formula is C16H21BrN2O2. The van der Waals surface area contributed by atoms with E-state index >= 15 is 0 Å². The van der Waals surface area contributed by atoms with Crippen molar-refractivity contribution in [3.63, 3.8) is 0 Å². The van der Waals surface area contributed by atoms with Gasteiger partial charge >= 0.3 is 0 Å². The zero-order chi connectivity index (χ0) is 15.1. The summed E-state index contributed by atoms with van der Waals surface area (Å²) < 4.78 is 0.916. The first-order chi connectivity index (χ1) is 10.2. The molecule has 21 heavy (non-hydrogen) atoms. The molecule has 1 fully saturated rings. The lowest BCUT2D eigenvalue weighted by Gasteiger charge is -2.20. The summed E-state index contributed by atoms with van der Waals surface area (Å²) in [6, 6.07) is 7.62. The zero-order valence-corrected chi connectivity index (χ0v) is 13.7. The second-order valence-electron chi connectivity index (χ2n) is 5.34. The number of benzene rings is 1. The fourth-order valence-corrected chi connectivity index (χ4v) is 2.91. The number of nitrogens with zero attached hydrogens (tertiary/aromatic N) is 1. The van der Waals surface area contributed by atoms with Crippen LogP contribution in [0.3, 0.4) is 0 Å². The average molecular weight is 353 g/mol. The van der Waals surface area contributed by atoms with E-state index in [4.69, 9.17) is 0 Å². The van der Waals surface area contributed by atoms with Crippen LogP contribution in [-0.2, 0) is 16.0 Å². The Kier molecular flexibility index (Phi) is 6.23. The predicted octanol–water partition coefficient (Wildman–Crippen LogP) is 2.51. The first kappa shape index (κ1) is 16.0. The van der Waals surface area contributed by atoms with Crippen LogP contribution in [0.15, 0.2) is 28.7 Å². The third kappa shape index (κ3) is 5.16. The molecule has 114 valence electrons. The summed E-state index contributed by atoms with van der Waals surface area (Å²) in [5.41, 5.74) is 0.928. The van der Waals surface area contributed by atoms with Gasteiger partial charge in [-0.3, -0.25) is 9.59 Å². The fourth-order valence-electron chi connectivity index (χ4n) is 2.48. The van der Waals surface area contributed by atoms with E-state index in [9.17, 15) is 9.59 Å². The zero-order valence-electron chi connectivity index (χ0n) is 12.1. The van der Waals surface area contributed by atoms with Crippen LogP contribution in [-0.4, -0.2) is 36.3 Å². The highest BCUT2D eigenvalue weighted by Crippen LogP contribution is 2.16. The van der Waals surface area contributed by atoms with Crippen molar-refractivity contribution in [2.45, 2.75) is 32.1 Å². The standard InChI is InChI=1S/C16H21BrN2O2/c17-14-8-4-3-7-13(14)11-15(20)18-12-16(21)19-9-5-1-2-6-10-19/h3-4,7-8H,1-2,5-6,9-12H2,(H,18,20). The molecule has 1 saturated heterocycles. The van der Waals surface area contributed by atoms with Gasteiger partial charge in [0.05, 0.1) is 13.0 Å². The van der Waals surface area contributed by atoms with E-state index in [1.807, 2.05) is 29.2 Å². The van der Waals surface area contributed by atoms with Crippen LogP contribution in [0.4, 0.5) is 0 Å². The normalized spacial score (nSPS) is 15.4. The van der Waals surface area contributed by atoms with Crippen molar-refractivity contribution in [2.75, 3.05) is 19.6 Å². The molecule has 5 heteroatoms. The molecule has 1 aliphatic rings. The largest absolute Gasteiger partial charge is 0.347 e. The van der Waals surface area contributed by atoms with Gasteiger partial charge in [0.25, 0.3) is 0 Å². The average Bonchev–Trinajstić information content (AvgIpc) is 2.76. The van der Waals surface area contributed by atoms with Crippen LogP contribution < -0.4 is 5.32 Å². The molecule has 1 aromatic rings. The van der Waals surface area contributed by atoms with Crippen LogP contribution in [0.5, 0.6) is 0 Å². The van der Waals surface area contributed by atoms with Crippen LogP contribution in [0.1, 0.15) is 31.2 Å². The number of amides is 2. The Morgan fingerprint density at radius 2 is 1.76 bits per heavy atom. The number of rotatable bonds is 4. The van der Waals surface area contributed by atoms with E-state index in [2.05, 4.69) is 21.2 Å². The molecule has 2 amide bonds. The first-order valence-corrected chi connectivity index (χ1v) is 8.24. The molecular weight excluding hydrogens is 332 g/mol. The summed E-state index contributed by atoms with van der Waals surface area (Å²) in [6.07, 6.45) is 4.80. The molecule has 0 saturated carbocycles. The molecule has 0 bridgehead atoms. The highest BCUT2D eigenvalue weighted by atomic mass is 79.9. The third-order valence-corrected chi connectivity index (χ3v) is 4.48. The summed E-state index contributed by atoms with van der Waals surface area (Å²) in [7, 11) is 0. The molecule has 4 nitrogen and oxygen atoms in total. The summed E-state index contributed by atoms with van der Waals surface area (Å²) in [5.74, 6) is -0.0950. The number of halogens is 1. The smallest absolute Gasteiger partial charge is 0.241 e. The van der Waals surface area contributed by atoms with Crippen molar-refractivity contribution in [1.29, 1.82) is 0 Å². The molecule has 0 aromatic heterocycles. The number of nitrogens with one attached hydrogen (secondary N) is 1. The Balaban J connectivity index is 1.78. The van der Waals surface area contributed by atoms with Crippen molar-refractivity contribution in [3.05, 3.63) is 34.3 Å². The van der Waals surface area contributed by atoms with Crippen LogP contribution in [0, 0.1) is 0 Å². The Hall–Kier alpha value is -1.36. The third-order valence-electron chi connectivity index (χ3n) is 3.70. The van der Waals surface area contributed by atoms with E-state index in [1.54, 1.807) is 0 Å². The molecule has 0 spiro atoms. The maximum atomic E-state index is 12.1. The van der Waals surface area contributed by atoms with Gasteiger partial charge in [0.1, 0.15) is 0 Å². The maximum Gasteiger partial charge on any atom is 0.241 e. The van der Waals surface area contributed by atoms with Gasteiger partial charge in [-0.2, -0.15) is 0 Å². The van der Waals surface area contributed by atoms with Gasteiger partial charge in [-0.05, 0) is 24.5 Å². The van der Waals surface area contributed by atoms with Gasteiger partial charge in [0.2, 0.25) is 11.8 Å². The maximum absolute atomic E-state index is 12.1. The van der Waals surface area contributed by atoms with Crippen molar-refractivity contribution in [2.24, 2.45) is 0 Å². The molecule has 1 aliphatic heterocycles. The van der Waals surface area contributed by atoms with Gasteiger partial charge in [0, 0.05) is 17.6 Å². The minimum absolute atomic E-state index is 0.0253. The van der Waals surface area contributed by atoms with Crippen molar-refractivity contribution in [3.8, 4) is 0 Å². The molecule has 2 rings (SSSR count). The van der Waals surface area contributed by atoms with Crippen molar-refractivity contribution < 1.29 is 9.59 Å². The van der Waals surface area contributed by atoms with Gasteiger partial charge in [0.15, 0.2) is 0 Å². The minimum atomic E-state index is -0.120. The quantitative estimate of drug-likeness (QED) is 0.904. The molecule has 1 heterocycles. The fraction of sp³-hybridized carbons (Fsp3) is 0.500. The molecule has 0 unspecified atom stereocenters. The van der Waals surface area contributed by atoms with Gasteiger partial charge in [-0.25, -0.2) is 0 Å². The van der Waals surface area contributed by atoms with Gasteiger partial charge < -0.3 is 10.2 Å².